The molecule has 2 aliphatic heterocycles. The van der Waals surface area contributed by atoms with Gasteiger partial charge in [0.15, 0.2) is 0 Å². The van der Waals surface area contributed by atoms with E-state index in [1.54, 1.807) is 0 Å². The Bertz CT molecular complexity index is 3190. The van der Waals surface area contributed by atoms with E-state index in [0.29, 0.717) is 22.5 Å². The number of carbonyl (C=O) groups is 2. The van der Waals surface area contributed by atoms with Crippen LogP contribution >= 0.6 is 0 Å². The summed E-state index contributed by atoms with van der Waals surface area (Å²) in [5.74, 6) is -0.358. The zero-order valence-corrected chi connectivity index (χ0v) is 39.1. The van der Waals surface area contributed by atoms with E-state index in [9.17, 15) is 9.59 Å². The first-order chi connectivity index (χ1) is 32.1. The van der Waals surface area contributed by atoms with Crippen LogP contribution < -0.4 is 10.6 Å². The predicted octanol–water partition coefficient (Wildman–Crippen LogP) is 14.6. The number of hydrogen-bond acceptors (Lipinski definition) is 4. The van der Waals surface area contributed by atoms with Crippen molar-refractivity contribution in [3.8, 4) is 22.3 Å². The lowest BCUT2D eigenvalue weighted by molar-refractivity contribution is 0.101. The highest BCUT2D eigenvalue weighted by molar-refractivity contribution is 6.11. The van der Waals surface area contributed by atoms with Gasteiger partial charge >= 0.3 is 0 Å². The second-order valence-corrected chi connectivity index (χ2v) is 17.1. The molecular formula is C58H56N6O2. The van der Waals surface area contributed by atoms with Gasteiger partial charge in [0.25, 0.3) is 11.8 Å². The van der Waals surface area contributed by atoms with E-state index < -0.39 is 0 Å². The average Bonchev–Trinajstić information content (AvgIpc) is 4.03. The smallest absolute Gasteiger partial charge is 0.255 e. The summed E-state index contributed by atoms with van der Waals surface area (Å²) in [7, 11) is 0. The lowest BCUT2D eigenvalue weighted by Crippen LogP contribution is -2.12. The molecule has 9 rings (SSSR count). The van der Waals surface area contributed by atoms with Crippen molar-refractivity contribution in [3.05, 3.63) is 177 Å². The minimum atomic E-state index is -0.185. The van der Waals surface area contributed by atoms with Gasteiger partial charge in [-0.1, -0.05) is 100 Å². The van der Waals surface area contributed by atoms with Crippen LogP contribution in [0.5, 0.6) is 0 Å². The number of nitrogens with zero attached hydrogens (tertiary/aromatic N) is 2. The van der Waals surface area contributed by atoms with E-state index in [1.165, 1.54) is 11.1 Å². The van der Waals surface area contributed by atoms with Gasteiger partial charge in [-0.3, -0.25) is 9.59 Å². The minimum absolute atomic E-state index is 0.173. The third-order valence-electron chi connectivity index (χ3n) is 13.4. The first-order valence-electron chi connectivity index (χ1n) is 23.2. The van der Waals surface area contributed by atoms with Crippen molar-refractivity contribution in [2.75, 3.05) is 10.6 Å². The van der Waals surface area contributed by atoms with Crippen LogP contribution in [0.1, 0.15) is 120 Å². The number of aryl methyl sites for hydroxylation is 4. The van der Waals surface area contributed by atoms with Crippen LogP contribution in [0.2, 0.25) is 0 Å². The molecule has 0 radical (unpaired) electrons. The Kier molecular flexibility index (Phi) is 12.0. The molecule has 8 heteroatoms. The standard InChI is InChI=1S/C58H56N6O2/c1-9-39-33(5)53-51(43-27-19-21-29-45(43)63-57(65)37-23-15-13-16-24-37)54-35(7)41(11-3)49(61-54)32-50-42(12-4)36(8)56(62-50)52(55-34(6)40(10-2)48(60-55)31-47(39)59-53)44-28-20-22-30-46(44)64-58(66)38-25-17-14-18-26-38/h13-32,59,61H,9-12H2,1-8H3,(H,63,65)(H,64,66). The molecule has 8 bridgehead atoms. The summed E-state index contributed by atoms with van der Waals surface area (Å²) in [4.78, 5) is 46.7. The molecule has 7 aromatic rings. The van der Waals surface area contributed by atoms with Crippen molar-refractivity contribution < 1.29 is 9.59 Å². The third-order valence-corrected chi connectivity index (χ3v) is 13.4. The van der Waals surface area contributed by atoms with Gasteiger partial charge in [0.2, 0.25) is 0 Å². The number of anilines is 2. The molecule has 0 saturated carbocycles. The summed E-state index contributed by atoms with van der Waals surface area (Å²) in [6, 6.07) is 39.2. The Morgan fingerprint density at radius 1 is 0.485 bits per heavy atom. The van der Waals surface area contributed by atoms with Crippen molar-refractivity contribution >= 4 is 67.5 Å². The molecule has 0 saturated heterocycles. The highest BCUT2D eigenvalue weighted by Crippen LogP contribution is 2.46. The average molecular weight is 869 g/mol. The summed E-state index contributed by atoms with van der Waals surface area (Å²) >= 11 is 0. The zero-order valence-electron chi connectivity index (χ0n) is 39.1. The molecule has 5 heterocycles. The first kappa shape index (κ1) is 43.7. The van der Waals surface area contributed by atoms with Gasteiger partial charge < -0.3 is 20.6 Å². The number of H-pyrrole nitrogens is 2. The number of benzene rings is 4. The van der Waals surface area contributed by atoms with E-state index in [1.807, 2.05) is 97.1 Å². The molecule has 8 nitrogen and oxygen atoms in total. The molecule has 0 fully saturated rings. The van der Waals surface area contributed by atoms with Gasteiger partial charge in [-0.2, -0.15) is 0 Å². The number of rotatable bonds is 10. The van der Waals surface area contributed by atoms with Crippen molar-refractivity contribution in [2.45, 2.75) is 81.1 Å². The normalized spacial score (nSPS) is 12.5. The van der Waals surface area contributed by atoms with Crippen LogP contribution in [-0.2, 0) is 12.8 Å². The lowest BCUT2D eigenvalue weighted by atomic mass is 9.92. The summed E-state index contributed by atoms with van der Waals surface area (Å²) in [5, 5.41) is 6.53. The molecule has 2 aliphatic rings. The second kappa shape index (κ2) is 18.1. The molecule has 0 aliphatic carbocycles. The van der Waals surface area contributed by atoms with E-state index in [2.05, 4.69) is 100 Å². The molecule has 0 spiro atoms. The van der Waals surface area contributed by atoms with Crippen molar-refractivity contribution in [1.82, 2.24) is 19.9 Å². The van der Waals surface area contributed by atoms with Gasteiger partial charge in [-0.15, -0.1) is 0 Å². The van der Waals surface area contributed by atoms with E-state index in [-0.39, 0.29) is 11.8 Å². The zero-order chi connectivity index (χ0) is 46.2. The Hall–Kier alpha value is -7.58. The summed E-state index contributed by atoms with van der Waals surface area (Å²) < 4.78 is 0. The summed E-state index contributed by atoms with van der Waals surface area (Å²) in [6.07, 6.45) is 3.10. The predicted molar refractivity (Wildman–Crippen MR) is 274 cm³/mol. The lowest BCUT2D eigenvalue weighted by Gasteiger charge is -2.15. The second-order valence-electron chi connectivity index (χ2n) is 17.1. The van der Waals surface area contributed by atoms with Gasteiger partial charge in [0.1, 0.15) is 0 Å². The molecule has 0 unspecified atom stereocenters. The number of nitrogens with one attached hydrogen (secondary N) is 4. The van der Waals surface area contributed by atoms with Gasteiger partial charge in [0.05, 0.1) is 33.8 Å². The maximum atomic E-state index is 13.8. The van der Waals surface area contributed by atoms with E-state index >= 15 is 0 Å². The molecule has 4 aromatic carbocycles. The highest BCUT2D eigenvalue weighted by atomic mass is 16.2. The number of aromatic nitrogens is 4. The SMILES string of the molecule is CCC1=C(C)c2nc1cc1[nH]c(c(C)c1CC)c(-c1ccccc1NC(=O)c1ccccc1)c1[nH]c(cc3nc(c2-c2ccccc2NC(=O)c2ccccc2)C(C)=C3CC)c(CC)c1C. The monoisotopic (exact) mass is 868 g/mol. The van der Waals surface area contributed by atoms with Crippen LogP contribution in [-0.4, -0.2) is 31.8 Å². The molecule has 2 amide bonds. The Labute approximate surface area is 387 Å². The fourth-order valence-electron chi connectivity index (χ4n) is 10.0. The number of hydrogen-bond donors (Lipinski definition) is 4. The van der Waals surface area contributed by atoms with Crippen LogP contribution in [0.4, 0.5) is 11.4 Å². The van der Waals surface area contributed by atoms with E-state index in [0.717, 1.165) is 126 Å². The Morgan fingerprint density at radius 2 is 0.864 bits per heavy atom. The van der Waals surface area contributed by atoms with Crippen molar-refractivity contribution in [2.24, 2.45) is 0 Å². The molecule has 0 atom stereocenters. The maximum absolute atomic E-state index is 13.8. The Morgan fingerprint density at radius 3 is 1.26 bits per heavy atom. The molecule has 4 N–H and O–H groups in total. The Balaban J connectivity index is 1.42. The topological polar surface area (TPSA) is 116 Å². The fraction of sp³-hybridized carbons (Fsp3) is 0.207. The molecular weight excluding hydrogens is 813 g/mol. The quantitative estimate of drug-likeness (QED) is 0.110. The minimum Gasteiger partial charge on any atom is -0.354 e. The van der Waals surface area contributed by atoms with Crippen LogP contribution in [0, 0.1) is 13.8 Å². The van der Waals surface area contributed by atoms with Crippen LogP contribution in [0.25, 0.3) is 66.6 Å². The maximum Gasteiger partial charge on any atom is 0.255 e. The molecule has 330 valence electrons. The molecule has 66 heavy (non-hydrogen) atoms. The highest BCUT2D eigenvalue weighted by Gasteiger charge is 2.28. The van der Waals surface area contributed by atoms with Crippen molar-refractivity contribution in [3.63, 3.8) is 0 Å². The number of aromatic amines is 2. The number of amides is 2. The van der Waals surface area contributed by atoms with Gasteiger partial charge in [0, 0.05) is 55.8 Å². The number of fused-ring (bicyclic) bond motifs is 8. The number of carbonyl (C=O) groups excluding carboxylic acids is 2. The summed E-state index contributed by atoms with van der Waals surface area (Å²) in [5.41, 5.74) is 22.6. The fourth-order valence-corrected chi connectivity index (χ4v) is 10.0. The molecule has 3 aromatic heterocycles. The summed E-state index contributed by atoms with van der Waals surface area (Å²) in [6.45, 7) is 17.5. The van der Waals surface area contributed by atoms with E-state index in [4.69, 9.17) is 9.97 Å². The van der Waals surface area contributed by atoms with Gasteiger partial charge in [-0.05, 0) is 146 Å². The first-order valence-corrected chi connectivity index (χ1v) is 23.2. The number of para-hydroxylation sites is 2. The third kappa shape index (κ3) is 7.66. The largest absolute Gasteiger partial charge is 0.354 e. The number of allylic oxidation sites excluding steroid dienone is 4. The van der Waals surface area contributed by atoms with Crippen molar-refractivity contribution in [1.29, 1.82) is 0 Å². The van der Waals surface area contributed by atoms with Gasteiger partial charge in [-0.25, -0.2) is 9.97 Å². The van der Waals surface area contributed by atoms with Crippen LogP contribution in [0.15, 0.2) is 121 Å². The van der Waals surface area contributed by atoms with Crippen LogP contribution in [0.3, 0.4) is 0 Å².